The zero-order valence-electron chi connectivity index (χ0n) is 9.88. The van der Waals surface area contributed by atoms with E-state index < -0.39 is 10.1 Å². The molecule has 0 aromatic heterocycles. The predicted molar refractivity (Wildman–Crippen MR) is 73.9 cm³/mol. The highest BCUT2D eigenvalue weighted by Gasteiger charge is 2.22. The average Bonchev–Trinajstić information content (AvgIpc) is 2.25. The first-order valence-corrected chi connectivity index (χ1v) is 8.34. The number of rotatable bonds is 2. The van der Waals surface area contributed by atoms with E-state index in [-0.39, 0.29) is 0 Å². The number of benzene rings is 1. The lowest BCUT2D eigenvalue weighted by Crippen LogP contribution is -2.16. The van der Waals surface area contributed by atoms with Crippen LogP contribution in [0.2, 0.25) is 5.02 Å². The Kier molecular flexibility index (Phi) is 3.89. The fourth-order valence-corrected chi connectivity index (χ4v) is 3.19. The van der Waals surface area contributed by atoms with E-state index >= 15 is 0 Å². The summed E-state index contributed by atoms with van der Waals surface area (Å²) in [5, 5.41) is 4.66. The minimum Gasteiger partial charge on any atom is -0.268 e. The lowest BCUT2D eigenvalue weighted by atomic mass is 10.1. The van der Waals surface area contributed by atoms with Crippen LogP contribution >= 0.6 is 23.4 Å². The van der Waals surface area contributed by atoms with Gasteiger partial charge >= 0.3 is 10.1 Å². The van der Waals surface area contributed by atoms with Gasteiger partial charge in [-0.1, -0.05) is 23.7 Å². The van der Waals surface area contributed by atoms with Crippen LogP contribution in [0.3, 0.4) is 0 Å². The van der Waals surface area contributed by atoms with E-state index in [4.69, 9.17) is 11.6 Å². The summed E-state index contributed by atoms with van der Waals surface area (Å²) >= 11 is 7.66. The van der Waals surface area contributed by atoms with Gasteiger partial charge < -0.3 is 0 Å². The lowest BCUT2D eigenvalue weighted by Gasteiger charge is -2.22. The van der Waals surface area contributed by atoms with Crippen LogP contribution < -0.4 is 0 Å². The third-order valence-corrected chi connectivity index (χ3v) is 4.10. The van der Waals surface area contributed by atoms with Gasteiger partial charge in [0.1, 0.15) is 0 Å². The number of halogens is 1. The summed E-state index contributed by atoms with van der Waals surface area (Å²) in [5.74, 6) is 0. The summed E-state index contributed by atoms with van der Waals surface area (Å²) in [6, 6.07) is 5.49. The molecular weight excluding hydrogens is 294 g/mol. The van der Waals surface area contributed by atoms with Crippen LogP contribution in [0.5, 0.6) is 0 Å². The van der Waals surface area contributed by atoms with Crippen molar-refractivity contribution in [2.45, 2.75) is 23.5 Å². The van der Waals surface area contributed by atoms with E-state index in [2.05, 4.69) is 16.4 Å². The quantitative estimate of drug-likeness (QED) is 0.788. The molecule has 1 aromatic rings. The van der Waals surface area contributed by atoms with Crippen LogP contribution in [0.4, 0.5) is 0 Å². The highest BCUT2D eigenvalue weighted by atomic mass is 35.5. The van der Waals surface area contributed by atoms with Crippen molar-refractivity contribution in [2.75, 3.05) is 6.26 Å². The van der Waals surface area contributed by atoms with E-state index in [1.807, 2.05) is 6.07 Å². The van der Waals surface area contributed by atoms with Crippen LogP contribution in [0.1, 0.15) is 18.9 Å². The fourth-order valence-electron chi connectivity index (χ4n) is 1.67. The molecule has 0 amide bonds. The Bertz CT molecular complexity index is 598. The van der Waals surface area contributed by atoms with E-state index in [1.54, 1.807) is 23.9 Å². The summed E-state index contributed by atoms with van der Waals surface area (Å²) in [6.07, 6.45) is 1.62. The topological polar surface area (TPSA) is 55.7 Å². The maximum absolute atomic E-state index is 11.0. The number of hydrogen-bond acceptors (Lipinski definition) is 5. The van der Waals surface area contributed by atoms with Crippen molar-refractivity contribution in [3.63, 3.8) is 0 Å². The molecule has 0 radical (unpaired) electrons. The zero-order chi connectivity index (χ0) is 13.3. The molecule has 0 saturated carbocycles. The normalized spacial score (nSPS) is 21.7. The summed E-state index contributed by atoms with van der Waals surface area (Å²) in [4.78, 5) is 1.04. The molecule has 7 heteroatoms. The van der Waals surface area contributed by atoms with Gasteiger partial charge in [0.2, 0.25) is 0 Å². The van der Waals surface area contributed by atoms with Crippen LogP contribution in [0.15, 0.2) is 28.3 Å². The van der Waals surface area contributed by atoms with Gasteiger partial charge in [0.05, 0.1) is 12.0 Å². The number of oxime groups is 1. The third kappa shape index (κ3) is 3.40. The van der Waals surface area contributed by atoms with Gasteiger partial charge in [0.15, 0.2) is 0 Å². The second-order valence-electron chi connectivity index (χ2n) is 4.09. The molecule has 0 N–H and O–H groups in total. The molecule has 1 heterocycles. The summed E-state index contributed by atoms with van der Waals surface area (Å²) in [5.41, 5.74) is 1.46. The van der Waals surface area contributed by atoms with Gasteiger partial charge in [-0.05, 0) is 18.2 Å². The number of fused-ring (bicyclic) bond motifs is 1. The van der Waals surface area contributed by atoms with Gasteiger partial charge in [-0.25, -0.2) is 0 Å². The Morgan fingerprint density at radius 2 is 2.22 bits per heavy atom. The van der Waals surface area contributed by atoms with E-state index in [1.165, 1.54) is 0 Å². The molecule has 4 nitrogen and oxygen atoms in total. The van der Waals surface area contributed by atoms with E-state index in [0.29, 0.717) is 22.4 Å². The van der Waals surface area contributed by atoms with Gasteiger partial charge in [0.25, 0.3) is 0 Å². The maximum atomic E-state index is 11.0. The Balaban J connectivity index is 2.41. The monoisotopic (exact) mass is 305 g/mol. The number of thioether (sulfide) groups is 1. The summed E-state index contributed by atoms with van der Waals surface area (Å²) in [7, 11) is -3.58. The number of hydrogen-bond donors (Lipinski definition) is 0. The molecule has 1 aliphatic heterocycles. The molecular formula is C11H12ClNO3S2. The highest BCUT2D eigenvalue weighted by Crippen LogP contribution is 2.36. The molecule has 0 fully saturated rings. The molecule has 1 aromatic carbocycles. The van der Waals surface area contributed by atoms with Crippen molar-refractivity contribution < 1.29 is 12.7 Å². The molecule has 1 aliphatic rings. The van der Waals surface area contributed by atoms with Crippen LogP contribution in [0, 0.1) is 0 Å². The Morgan fingerprint density at radius 3 is 2.89 bits per heavy atom. The Labute approximate surface area is 115 Å². The second kappa shape index (κ2) is 5.11. The van der Waals surface area contributed by atoms with E-state index in [9.17, 15) is 8.42 Å². The molecule has 1 atom stereocenters. The minimum absolute atomic E-state index is 0.320. The largest absolute Gasteiger partial charge is 0.325 e. The molecule has 2 rings (SSSR count). The molecule has 0 bridgehead atoms. The Hall–Kier alpha value is -0.720. The number of nitrogens with zero attached hydrogens (tertiary/aromatic N) is 1. The van der Waals surface area contributed by atoms with Crippen molar-refractivity contribution in [3.05, 3.63) is 28.8 Å². The molecule has 18 heavy (non-hydrogen) atoms. The van der Waals surface area contributed by atoms with Crippen LogP contribution in [-0.2, 0) is 14.4 Å². The zero-order valence-corrected chi connectivity index (χ0v) is 12.3. The average molecular weight is 306 g/mol. The molecule has 1 unspecified atom stereocenters. The van der Waals surface area contributed by atoms with Crippen molar-refractivity contribution in [1.82, 2.24) is 0 Å². The van der Waals surface area contributed by atoms with Gasteiger partial charge in [-0.15, -0.1) is 11.8 Å². The van der Waals surface area contributed by atoms with Crippen molar-refractivity contribution in [2.24, 2.45) is 5.16 Å². The van der Waals surface area contributed by atoms with Gasteiger partial charge in [-0.2, -0.15) is 8.42 Å². The smallest absolute Gasteiger partial charge is 0.268 e. The molecule has 0 spiro atoms. The Morgan fingerprint density at radius 1 is 1.50 bits per heavy atom. The summed E-state index contributed by atoms with van der Waals surface area (Å²) < 4.78 is 26.5. The SMILES string of the molecule is CC1C/C(=N\OS(C)(=O)=O)c2cc(Cl)ccc2S1. The lowest BCUT2D eigenvalue weighted by molar-refractivity contribution is 0.342. The minimum atomic E-state index is -3.58. The van der Waals surface area contributed by atoms with E-state index in [0.717, 1.165) is 16.7 Å². The molecule has 0 saturated heterocycles. The standard InChI is InChI=1S/C11H12ClNO3S2/c1-7-5-10(13-16-18(2,14)15)9-6-8(12)3-4-11(9)17-7/h3-4,6-7H,5H2,1-2H3/b13-10+. The van der Waals surface area contributed by atoms with Crippen LogP contribution in [-0.4, -0.2) is 25.6 Å². The fraction of sp³-hybridized carbons (Fsp3) is 0.364. The first-order chi connectivity index (χ1) is 8.35. The van der Waals surface area contributed by atoms with Gasteiger partial charge in [0, 0.05) is 27.2 Å². The van der Waals surface area contributed by atoms with Crippen LogP contribution in [0.25, 0.3) is 0 Å². The van der Waals surface area contributed by atoms with Crippen molar-refractivity contribution in [1.29, 1.82) is 0 Å². The third-order valence-electron chi connectivity index (χ3n) is 2.34. The maximum Gasteiger partial charge on any atom is 0.325 e. The first kappa shape index (κ1) is 13.7. The molecule has 98 valence electrons. The van der Waals surface area contributed by atoms with Crippen molar-refractivity contribution in [3.8, 4) is 0 Å². The second-order valence-corrected chi connectivity index (χ2v) is 7.56. The summed E-state index contributed by atoms with van der Waals surface area (Å²) in [6.45, 7) is 2.05. The molecule has 0 aliphatic carbocycles. The predicted octanol–water partition coefficient (Wildman–Crippen LogP) is 2.90. The van der Waals surface area contributed by atoms with Gasteiger partial charge in [-0.3, -0.25) is 4.28 Å². The first-order valence-electron chi connectivity index (χ1n) is 5.27. The highest BCUT2D eigenvalue weighted by molar-refractivity contribution is 8.00. The van der Waals surface area contributed by atoms with Crippen molar-refractivity contribution >= 4 is 39.2 Å².